The van der Waals surface area contributed by atoms with Gasteiger partial charge in [-0.3, -0.25) is 0 Å². The van der Waals surface area contributed by atoms with Gasteiger partial charge in [0.2, 0.25) is 0 Å². The predicted molar refractivity (Wildman–Crippen MR) is 46.2 cm³/mol. The average Bonchev–Trinajstić information content (AvgIpc) is 2.00. The molecule has 4 nitrogen and oxygen atoms in total. The van der Waals surface area contributed by atoms with E-state index in [9.17, 15) is 15.0 Å². The predicted octanol–water partition coefficient (Wildman–Crippen LogP) is 0.229. The largest absolute Gasteiger partial charge is 0.479 e. The zero-order chi connectivity index (χ0) is 10.2. The summed E-state index contributed by atoms with van der Waals surface area (Å²) in [6.07, 6.45) is -0.235. The van der Waals surface area contributed by atoms with Crippen LogP contribution in [0.5, 0.6) is 0 Å². The summed E-state index contributed by atoms with van der Waals surface area (Å²) in [5, 5.41) is 28.0. The second kappa shape index (κ2) is 3.27. The van der Waals surface area contributed by atoms with E-state index >= 15 is 0 Å². The summed E-state index contributed by atoms with van der Waals surface area (Å²) in [6, 6.07) is 0. The fourth-order valence-corrected chi connectivity index (χ4v) is 2.13. The highest BCUT2D eigenvalue weighted by Crippen LogP contribution is 2.36. The Morgan fingerprint density at radius 1 is 1.31 bits per heavy atom. The Kier molecular flexibility index (Phi) is 2.63. The lowest BCUT2D eigenvalue weighted by Crippen LogP contribution is -2.50. The van der Waals surface area contributed by atoms with Crippen LogP contribution in [0, 0.1) is 11.8 Å². The van der Waals surface area contributed by atoms with Crippen molar-refractivity contribution in [2.75, 3.05) is 0 Å². The Morgan fingerprint density at radius 3 is 2.00 bits per heavy atom. The van der Waals surface area contributed by atoms with Crippen LogP contribution in [0.1, 0.15) is 26.7 Å². The second-order valence-corrected chi connectivity index (χ2v) is 4.19. The lowest BCUT2D eigenvalue weighted by atomic mass is 9.72. The molecule has 0 radical (unpaired) electrons. The maximum Gasteiger partial charge on any atom is 0.335 e. The molecule has 0 spiro atoms. The van der Waals surface area contributed by atoms with E-state index in [-0.39, 0.29) is 24.7 Å². The molecule has 1 aliphatic rings. The maximum absolute atomic E-state index is 10.7. The van der Waals surface area contributed by atoms with E-state index in [1.54, 1.807) is 13.8 Å². The summed E-state index contributed by atoms with van der Waals surface area (Å²) in [4.78, 5) is 10.7. The van der Waals surface area contributed by atoms with Crippen molar-refractivity contribution < 1.29 is 20.1 Å². The third kappa shape index (κ3) is 1.84. The molecular weight excluding hydrogens is 172 g/mol. The van der Waals surface area contributed by atoms with Crippen LogP contribution >= 0.6 is 0 Å². The van der Waals surface area contributed by atoms with Crippen molar-refractivity contribution in [3.63, 3.8) is 0 Å². The van der Waals surface area contributed by atoms with E-state index in [1.807, 2.05) is 0 Å². The van der Waals surface area contributed by atoms with E-state index < -0.39 is 17.7 Å². The van der Waals surface area contributed by atoms with E-state index in [2.05, 4.69) is 0 Å². The van der Waals surface area contributed by atoms with Crippen LogP contribution in [0.4, 0.5) is 0 Å². The number of aliphatic hydroxyl groups excluding tert-OH is 1. The first kappa shape index (κ1) is 10.5. The van der Waals surface area contributed by atoms with Gasteiger partial charge in [-0.05, 0) is 24.7 Å². The van der Waals surface area contributed by atoms with Gasteiger partial charge in [-0.15, -0.1) is 0 Å². The van der Waals surface area contributed by atoms with Gasteiger partial charge in [-0.25, -0.2) is 4.79 Å². The summed E-state index contributed by atoms with van der Waals surface area (Å²) in [5.41, 5.74) is -1.64. The smallest absolute Gasteiger partial charge is 0.335 e. The van der Waals surface area contributed by atoms with Crippen molar-refractivity contribution in [2.24, 2.45) is 11.8 Å². The van der Waals surface area contributed by atoms with Gasteiger partial charge in [0.15, 0.2) is 5.60 Å². The summed E-state index contributed by atoms with van der Waals surface area (Å²) in [6.45, 7) is 3.52. The number of aliphatic hydroxyl groups is 2. The van der Waals surface area contributed by atoms with Gasteiger partial charge in [0.1, 0.15) is 0 Å². The van der Waals surface area contributed by atoms with Crippen LogP contribution < -0.4 is 0 Å². The average molecular weight is 188 g/mol. The molecule has 0 aromatic heterocycles. The normalized spacial score (nSPS) is 46.0. The van der Waals surface area contributed by atoms with Gasteiger partial charge >= 0.3 is 5.97 Å². The number of rotatable bonds is 1. The lowest BCUT2D eigenvalue weighted by Gasteiger charge is -2.39. The molecule has 1 fully saturated rings. The molecule has 0 bridgehead atoms. The lowest BCUT2D eigenvalue weighted by molar-refractivity contribution is -0.171. The molecule has 4 heteroatoms. The molecule has 0 unspecified atom stereocenters. The number of carboxylic acids is 1. The first-order valence-electron chi connectivity index (χ1n) is 4.50. The Bertz CT molecular complexity index is 202. The Labute approximate surface area is 77.2 Å². The van der Waals surface area contributed by atoms with Crippen LogP contribution in [0.25, 0.3) is 0 Å². The molecule has 0 aromatic carbocycles. The minimum atomic E-state index is -1.64. The van der Waals surface area contributed by atoms with Gasteiger partial charge < -0.3 is 15.3 Å². The summed E-state index contributed by atoms with van der Waals surface area (Å²) >= 11 is 0. The number of hydrogen-bond donors (Lipinski definition) is 3. The second-order valence-electron chi connectivity index (χ2n) is 4.19. The van der Waals surface area contributed by atoms with Crippen molar-refractivity contribution >= 4 is 5.97 Å². The van der Waals surface area contributed by atoms with Crippen molar-refractivity contribution in [1.82, 2.24) is 0 Å². The van der Waals surface area contributed by atoms with Gasteiger partial charge in [0.05, 0.1) is 6.10 Å². The highest BCUT2D eigenvalue weighted by molar-refractivity contribution is 5.77. The topological polar surface area (TPSA) is 77.8 Å². The molecule has 0 saturated heterocycles. The van der Waals surface area contributed by atoms with Crippen LogP contribution in [0.3, 0.4) is 0 Å². The molecule has 0 amide bonds. The number of carboxylic acid groups (broad SMARTS) is 1. The van der Waals surface area contributed by atoms with E-state index in [0.717, 1.165) is 0 Å². The third-order valence-electron chi connectivity index (χ3n) is 2.88. The van der Waals surface area contributed by atoms with Gasteiger partial charge in [0.25, 0.3) is 0 Å². The molecule has 0 aliphatic heterocycles. The fourth-order valence-electron chi connectivity index (χ4n) is 2.13. The molecule has 0 aromatic rings. The van der Waals surface area contributed by atoms with Gasteiger partial charge in [-0.1, -0.05) is 13.8 Å². The van der Waals surface area contributed by atoms with Gasteiger partial charge in [-0.2, -0.15) is 0 Å². The van der Waals surface area contributed by atoms with Crippen LogP contribution in [0.15, 0.2) is 0 Å². The molecule has 1 saturated carbocycles. The third-order valence-corrected chi connectivity index (χ3v) is 2.88. The first-order valence-corrected chi connectivity index (χ1v) is 4.50. The number of aliphatic carboxylic acids is 1. The highest BCUT2D eigenvalue weighted by Gasteiger charge is 2.46. The zero-order valence-electron chi connectivity index (χ0n) is 7.90. The molecule has 1 aliphatic carbocycles. The van der Waals surface area contributed by atoms with E-state index in [0.29, 0.717) is 0 Å². The number of hydrogen-bond acceptors (Lipinski definition) is 3. The minimum absolute atomic E-state index is 0.133. The zero-order valence-corrected chi connectivity index (χ0v) is 7.90. The molecule has 3 N–H and O–H groups in total. The quantitative estimate of drug-likeness (QED) is 0.550. The highest BCUT2D eigenvalue weighted by atomic mass is 16.4. The molecule has 0 heterocycles. The van der Waals surface area contributed by atoms with Crippen molar-refractivity contribution in [3.8, 4) is 0 Å². The van der Waals surface area contributed by atoms with Crippen LogP contribution in [-0.2, 0) is 4.79 Å². The standard InChI is InChI=1S/C9H16O4/c1-5-3-9(13,8(11)12)4-6(2)7(5)10/h5-7,10,13H,3-4H2,1-2H3,(H,11,12)/t5-,6-,7?,9?/m1/s1. The molecular formula is C9H16O4. The van der Waals surface area contributed by atoms with Crippen molar-refractivity contribution in [1.29, 1.82) is 0 Å². The van der Waals surface area contributed by atoms with Crippen molar-refractivity contribution in [3.05, 3.63) is 0 Å². The van der Waals surface area contributed by atoms with E-state index in [4.69, 9.17) is 5.11 Å². The monoisotopic (exact) mass is 188 g/mol. The maximum atomic E-state index is 10.7. The van der Waals surface area contributed by atoms with Crippen LogP contribution in [-0.4, -0.2) is 33.0 Å². The Hall–Kier alpha value is -0.610. The number of carbonyl (C=O) groups is 1. The van der Waals surface area contributed by atoms with Crippen molar-refractivity contribution in [2.45, 2.75) is 38.4 Å². The Balaban J connectivity index is 2.79. The first-order chi connectivity index (χ1) is 5.87. The summed E-state index contributed by atoms with van der Waals surface area (Å²) in [5.74, 6) is -1.51. The SMILES string of the molecule is C[C@@H]1CC(O)(C(=O)O)C[C@@H](C)C1O. The molecule has 2 atom stereocenters. The fraction of sp³-hybridized carbons (Fsp3) is 0.889. The summed E-state index contributed by atoms with van der Waals surface area (Å²) in [7, 11) is 0. The molecule has 1 rings (SSSR count). The van der Waals surface area contributed by atoms with E-state index in [1.165, 1.54) is 0 Å². The summed E-state index contributed by atoms with van der Waals surface area (Å²) < 4.78 is 0. The molecule has 76 valence electrons. The molecule has 13 heavy (non-hydrogen) atoms. The Morgan fingerprint density at radius 2 is 1.69 bits per heavy atom. The van der Waals surface area contributed by atoms with Crippen LogP contribution in [0.2, 0.25) is 0 Å². The van der Waals surface area contributed by atoms with Gasteiger partial charge in [0, 0.05) is 0 Å². The minimum Gasteiger partial charge on any atom is -0.479 e.